The van der Waals surface area contributed by atoms with Gasteiger partial charge < -0.3 is 20.9 Å². The molecule has 1 atom stereocenters. The molecule has 0 aliphatic carbocycles. The molecule has 0 saturated carbocycles. The minimum Gasteiger partial charge on any atom is -0.507 e. The van der Waals surface area contributed by atoms with Crippen LogP contribution in [0, 0.1) is 5.41 Å². The number of carbonyl (C=O) groups is 1. The van der Waals surface area contributed by atoms with Gasteiger partial charge in [-0.05, 0) is 11.5 Å². The number of para-hydroxylation sites is 2. The average molecular weight is 373 g/mol. The van der Waals surface area contributed by atoms with E-state index in [-0.39, 0.29) is 11.2 Å². The molecule has 1 unspecified atom stereocenters. The molecule has 0 aliphatic rings. The van der Waals surface area contributed by atoms with Crippen LogP contribution in [0.15, 0.2) is 42.5 Å². The first kappa shape index (κ1) is 22.5. The van der Waals surface area contributed by atoms with Crippen molar-refractivity contribution >= 4 is 5.91 Å². The van der Waals surface area contributed by atoms with Gasteiger partial charge in [-0.25, -0.2) is 0 Å². The minimum absolute atomic E-state index is 0.164. The Morgan fingerprint density at radius 3 is 2.26 bits per heavy atom. The third-order valence-electron chi connectivity index (χ3n) is 4.16. The number of methoxy groups -OCH3 is 1. The van der Waals surface area contributed by atoms with Crippen LogP contribution >= 0.6 is 0 Å². The highest BCUT2D eigenvalue weighted by Gasteiger charge is 2.29. The molecule has 27 heavy (non-hydrogen) atoms. The molecule has 5 nitrogen and oxygen atoms in total. The third kappa shape index (κ3) is 5.73. The second-order valence-corrected chi connectivity index (χ2v) is 7.10. The molecule has 0 aliphatic heterocycles. The number of aromatic hydroxyl groups is 1. The second kappa shape index (κ2) is 9.97. The van der Waals surface area contributed by atoms with Gasteiger partial charge >= 0.3 is 0 Å². The molecule has 0 heterocycles. The van der Waals surface area contributed by atoms with Gasteiger partial charge in [-0.2, -0.15) is 0 Å². The quantitative estimate of drug-likeness (QED) is 0.713. The topological polar surface area (TPSA) is 84.6 Å². The minimum atomic E-state index is -0.498. The van der Waals surface area contributed by atoms with Crippen LogP contribution in [0.25, 0.3) is 11.1 Å². The highest BCUT2D eigenvalue weighted by molar-refractivity contribution is 5.81. The van der Waals surface area contributed by atoms with Gasteiger partial charge in [0, 0.05) is 23.2 Å². The summed E-state index contributed by atoms with van der Waals surface area (Å²) in [5, 5.41) is 13.9. The summed E-state index contributed by atoms with van der Waals surface area (Å²) in [6.07, 6.45) is 0. The molecule has 0 bridgehead atoms. The zero-order chi connectivity index (χ0) is 20.6. The first-order valence-electron chi connectivity index (χ1n) is 9.22. The number of benzene rings is 2. The summed E-state index contributed by atoms with van der Waals surface area (Å²) in [4.78, 5) is 11.7. The highest BCUT2D eigenvalue weighted by atomic mass is 16.5. The Labute approximate surface area is 162 Å². The molecule has 4 N–H and O–H groups in total. The largest absolute Gasteiger partial charge is 0.507 e. The number of carbonyl (C=O) groups excluding carboxylic acids is 1. The predicted octanol–water partition coefficient (Wildman–Crippen LogP) is 4.08. The third-order valence-corrected chi connectivity index (χ3v) is 4.16. The summed E-state index contributed by atoms with van der Waals surface area (Å²) < 4.78 is 5.38. The Morgan fingerprint density at radius 2 is 1.70 bits per heavy atom. The van der Waals surface area contributed by atoms with E-state index in [0.717, 1.165) is 5.56 Å². The lowest BCUT2D eigenvalue weighted by Gasteiger charge is -2.29. The maximum Gasteiger partial charge on any atom is 0.235 e. The van der Waals surface area contributed by atoms with Crippen LogP contribution in [0.4, 0.5) is 0 Å². The van der Waals surface area contributed by atoms with Crippen molar-refractivity contribution in [3.05, 3.63) is 48.0 Å². The molecule has 5 heteroatoms. The number of nitrogens with one attached hydrogen (secondary N) is 1. The van der Waals surface area contributed by atoms with E-state index in [2.05, 4.69) is 5.32 Å². The lowest BCUT2D eigenvalue weighted by Crippen LogP contribution is -2.49. The van der Waals surface area contributed by atoms with Crippen LogP contribution in [0.1, 0.15) is 40.2 Å². The van der Waals surface area contributed by atoms with Crippen molar-refractivity contribution in [3.63, 3.8) is 0 Å². The van der Waals surface area contributed by atoms with Gasteiger partial charge in [-0.1, -0.05) is 71.0 Å². The normalized spacial score (nSPS) is 11.9. The fourth-order valence-corrected chi connectivity index (χ4v) is 2.86. The monoisotopic (exact) mass is 372 g/mol. The van der Waals surface area contributed by atoms with Gasteiger partial charge in [-0.3, -0.25) is 4.79 Å². The Morgan fingerprint density at radius 1 is 1.11 bits per heavy atom. The van der Waals surface area contributed by atoms with E-state index in [1.54, 1.807) is 7.11 Å². The van der Waals surface area contributed by atoms with Crippen LogP contribution < -0.4 is 15.8 Å². The van der Waals surface area contributed by atoms with E-state index in [9.17, 15) is 9.90 Å². The SMILES string of the molecule is CC.COc1ccccc1-c1cccc(CNC(C(N)=O)C(C)(C)C)c1O. The van der Waals surface area contributed by atoms with Crippen molar-refractivity contribution in [2.24, 2.45) is 11.1 Å². The van der Waals surface area contributed by atoms with E-state index in [1.807, 2.05) is 77.1 Å². The summed E-state index contributed by atoms with van der Waals surface area (Å²) in [5.74, 6) is 0.442. The van der Waals surface area contributed by atoms with Crippen LogP contribution in [0.2, 0.25) is 0 Å². The second-order valence-electron chi connectivity index (χ2n) is 7.10. The molecule has 0 radical (unpaired) electrons. The van der Waals surface area contributed by atoms with E-state index in [1.165, 1.54) is 0 Å². The van der Waals surface area contributed by atoms with Crippen LogP contribution in [0.3, 0.4) is 0 Å². The molecular weight excluding hydrogens is 340 g/mol. The average Bonchev–Trinajstić information content (AvgIpc) is 2.63. The molecular formula is C22H32N2O3. The summed E-state index contributed by atoms with van der Waals surface area (Å²) in [6, 6.07) is 12.6. The van der Waals surface area contributed by atoms with Crippen molar-refractivity contribution in [2.75, 3.05) is 7.11 Å². The van der Waals surface area contributed by atoms with Crippen molar-refractivity contribution in [1.82, 2.24) is 5.32 Å². The van der Waals surface area contributed by atoms with Gasteiger partial charge in [-0.15, -0.1) is 0 Å². The molecule has 0 aromatic heterocycles. The van der Waals surface area contributed by atoms with Crippen LogP contribution in [-0.2, 0) is 11.3 Å². The number of hydrogen-bond acceptors (Lipinski definition) is 4. The Hall–Kier alpha value is -2.53. The van der Waals surface area contributed by atoms with Crippen molar-refractivity contribution < 1.29 is 14.6 Å². The standard InChI is InChI=1S/C20H26N2O3.C2H6/c1-20(2,3)18(19(21)24)22-12-13-8-7-10-15(17(13)23)14-9-5-6-11-16(14)25-4;1-2/h5-11,18,22-23H,12H2,1-4H3,(H2,21,24);1-2H3. The van der Waals surface area contributed by atoms with E-state index >= 15 is 0 Å². The maximum atomic E-state index is 11.7. The molecule has 2 aromatic carbocycles. The number of amides is 1. The smallest absolute Gasteiger partial charge is 0.235 e. The molecule has 0 spiro atoms. The lowest BCUT2D eigenvalue weighted by atomic mass is 9.86. The highest BCUT2D eigenvalue weighted by Crippen LogP contribution is 2.37. The van der Waals surface area contributed by atoms with E-state index in [0.29, 0.717) is 23.4 Å². The van der Waals surface area contributed by atoms with Crippen molar-refractivity contribution in [1.29, 1.82) is 0 Å². The molecule has 2 rings (SSSR count). The fourth-order valence-electron chi connectivity index (χ4n) is 2.86. The Balaban J connectivity index is 0.00000176. The first-order chi connectivity index (χ1) is 12.8. The van der Waals surface area contributed by atoms with Gasteiger partial charge in [0.15, 0.2) is 0 Å². The fraction of sp³-hybridized carbons (Fsp3) is 0.409. The van der Waals surface area contributed by atoms with Crippen LogP contribution in [0.5, 0.6) is 11.5 Å². The number of primary amides is 1. The number of nitrogens with two attached hydrogens (primary N) is 1. The maximum absolute atomic E-state index is 11.7. The summed E-state index contributed by atoms with van der Waals surface area (Å²) >= 11 is 0. The Kier molecular flexibility index (Phi) is 8.32. The summed E-state index contributed by atoms with van der Waals surface area (Å²) in [7, 11) is 1.60. The van der Waals surface area contributed by atoms with Crippen molar-refractivity contribution in [2.45, 2.75) is 47.2 Å². The van der Waals surface area contributed by atoms with Crippen molar-refractivity contribution in [3.8, 4) is 22.6 Å². The molecule has 1 amide bonds. The van der Waals surface area contributed by atoms with Crippen LogP contribution in [-0.4, -0.2) is 24.2 Å². The predicted molar refractivity (Wildman–Crippen MR) is 111 cm³/mol. The molecule has 0 fully saturated rings. The van der Waals surface area contributed by atoms with E-state index < -0.39 is 11.9 Å². The lowest BCUT2D eigenvalue weighted by molar-refractivity contribution is -0.122. The number of ether oxygens (including phenoxy) is 1. The molecule has 148 valence electrons. The van der Waals surface area contributed by atoms with Gasteiger partial charge in [0.25, 0.3) is 0 Å². The molecule has 0 saturated heterocycles. The first-order valence-corrected chi connectivity index (χ1v) is 9.22. The van der Waals surface area contributed by atoms with E-state index in [4.69, 9.17) is 10.5 Å². The summed E-state index contributed by atoms with van der Waals surface area (Å²) in [5.41, 5.74) is 7.37. The zero-order valence-corrected chi connectivity index (χ0v) is 17.2. The Bertz CT molecular complexity index is 751. The number of phenolic OH excluding ortho intramolecular Hbond substituents is 1. The number of phenols is 1. The van der Waals surface area contributed by atoms with Gasteiger partial charge in [0.2, 0.25) is 5.91 Å². The van der Waals surface area contributed by atoms with Gasteiger partial charge in [0.05, 0.1) is 13.2 Å². The number of hydrogen-bond donors (Lipinski definition) is 3. The molecule has 2 aromatic rings. The summed E-state index contributed by atoms with van der Waals surface area (Å²) in [6.45, 7) is 10.2. The number of rotatable bonds is 6. The zero-order valence-electron chi connectivity index (χ0n) is 17.2. The van der Waals surface area contributed by atoms with Gasteiger partial charge in [0.1, 0.15) is 11.5 Å².